The van der Waals surface area contributed by atoms with Gasteiger partial charge in [-0.3, -0.25) is 19.7 Å². The number of para-hydroxylation sites is 1. The van der Waals surface area contributed by atoms with Gasteiger partial charge in [-0.15, -0.1) is 0 Å². The van der Waals surface area contributed by atoms with Crippen LogP contribution >= 0.6 is 0 Å². The number of methoxy groups -OCH3 is 1. The van der Waals surface area contributed by atoms with Gasteiger partial charge in [-0.25, -0.2) is 4.79 Å². The number of carbonyl (C=O) groups excluding carboxylic acids is 2. The van der Waals surface area contributed by atoms with Gasteiger partial charge in [-0.05, 0) is 60.7 Å². The first-order valence-electron chi connectivity index (χ1n) is 13.0. The van der Waals surface area contributed by atoms with Crippen molar-refractivity contribution in [1.82, 2.24) is 5.32 Å². The molecule has 3 aromatic carbocycles. The second kappa shape index (κ2) is 12.4. The zero-order valence-electron chi connectivity index (χ0n) is 22.1. The van der Waals surface area contributed by atoms with Crippen LogP contribution in [0.1, 0.15) is 47.2 Å². The average Bonchev–Trinajstić information content (AvgIpc) is 3.43. The molecule has 1 aliphatic carbocycles. The van der Waals surface area contributed by atoms with E-state index < -0.39 is 28.3 Å². The van der Waals surface area contributed by atoms with Crippen LogP contribution in [0.4, 0.5) is 11.4 Å². The molecule has 10 nitrogen and oxygen atoms in total. The Kier molecular flexibility index (Phi) is 8.78. The molecule has 0 heterocycles. The molecule has 0 radical (unpaired) electrons. The summed E-state index contributed by atoms with van der Waals surface area (Å²) >= 11 is 0. The van der Waals surface area contributed by atoms with Gasteiger partial charge in [-0.2, -0.15) is 0 Å². The third-order valence-electron chi connectivity index (χ3n) is 7.34. The molecular formula is C30H31N3O7. The largest absolute Gasteiger partial charge is 0.497 e. The number of ether oxygens (including phenoxy) is 1. The number of hydrogen-bond donors (Lipinski definition) is 3. The van der Waals surface area contributed by atoms with E-state index in [-0.39, 0.29) is 23.6 Å². The highest BCUT2D eigenvalue weighted by Gasteiger charge is 2.42. The third kappa shape index (κ3) is 6.63. The van der Waals surface area contributed by atoms with Crippen molar-refractivity contribution < 1.29 is 29.2 Å². The fourth-order valence-electron chi connectivity index (χ4n) is 5.16. The Morgan fingerprint density at radius 2 is 1.60 bits per heavy atom. The lowest BCUT2D eigenvalue weighted by atomic mass is 9.78. The van der Waals surface area contributed by atoms with Crippen LogP contribution < -0.4 is 15.4 Å². The van der Waals surface area contributed by atoms with Crippen molar-refractivity contribution in [3.8, 4) is 5.75 Å². The predicted molar refractivity (Wildman–Crippen MR) is 148 cm³/mol. The number of nitro benzene ring substituents is 1. The predicted octanol–water partition coefficient (Wildman–Crippen LogP) is 4.77. The summed E-state index contributed by atoms with van der Waals surface area (Å²) in [5.74, 6) is -1.30. The molecule has 1 unspecified atom stereocenters. The highest BCUT2D eigenvalue weighted by Crippen LogP contribution is 2.41. The summed E-state index contributed by atoms with van der Waals surface area (Å²) in [4.78, 5) is 48.8. The Morgan fingerprint density at radius 1 is 0.975 bits per heavy atom. The minimum atomic E-state index is -1.14. The lowest BCUT2D eigenvalue weighted by Crippen LogP contribution is -2.49. The zero-order valence-corrected chi connectivity index (χ0v) is 22.1. The van der Waals surface area contributed by atoms with E-state index in [1.807, 2.05) is 24.3 Å². The topological polar surface area (TPSA) is 148 Å². The minimum absolute atomic E-state index is 0.0536. The van der Waals surface area contributed by atoms with Crippen molar-refractivity contribution in [2.75, 3.05) is 12.4 Å². The number of nitrogens with one attached hydrogen (secondary N) is 2. The van der Waals surface area contributed by atoms with Gasteiger partial charge < -0.3 is 20.5 Å². The van der Waals surface area contributed by atoms with E-state index in [9.17, 15) is 29.6 Å². The number of aliphatic carboxylic acids is 1. The van der Waals surface area contributed by atoms with Crippen molar-refractivity contribution in [2.45, 2.75) is 44.6 Å². The summed E-state index contributed by atoms with van der Waals surface area (Å²) in [5.41, 5.74) is 0.989. The van der Waals surface area contributed by atoms with Gasteiger partial charge in [0, 0.05) is 18.2 Å². The quantitative estimate of drug-likeness (QED) is 0.232. The molecular weight excluding hydrogens is 514 g/mol. The fourth-order valence-corrected chi connectivity index (χ4v) is 5.16. The third-order valence-corrected chi connectivity index (χ3v) is 7.34. The molecule has 1 fully saturated rings. The number of rotatable bonds is 11. The SMILES string of the molecule is COc1ccc(CC2(C(=O)NC(Cc3ccc(NC(=O)c4ccccc4[N+](=O)[O-])cc3)C(=O)O)CCCC2)cc1. The van der Waals surface area contributed by atoms with Crippen LogP contribution in [-0.2, 0) is 22.4 Å². The van der Waals surface area contributed by atoms with Crippen molar-refractivity contribution in [2.24, 2.45) is 5.41 Å². The van der Waals surface area contributed by atoms with E-state index in [0.717, 1.165) is 24.2 Å². The number of nitro groups is 1. The lowest BCUT2D eigenvalue weighted by Gasteiger charge is -2.29. The summed E-state index contributed by atoms with van der Waals surface area (Å²) in [5, 5.41) is 26.5. The number of carboxylic acids is 1. The van der Waals surface area contributed by atoms with E-state index in [1.54, 1.807) is 31.4 Å². The molecule has 0 bridgehead atoms. The van der Waals surface area contributed by atoms with Crippen LogP contribution in [0.3, 0.4) is 0 Å². The van der Waals surface area contributed by atoms with E-state index in [4.69, 9.17) is 4.74 Å². The van der Waals surface area contributed by atoms with E-state index in [1.165, 1.54) is 24.3 Å². The Hall–Kier alpha value is -4.73. The number of benzene rings is 3. The van der Waals surface area contributed by atoms with Gasteiger partial charge in [0.1, 0.15) is 17.4 Å². The molecule has 4 rings (SSSR count). The fraction of sp³-hybridized carbons (Fsp3) is 0.300. The van der Waals surface area contributed by atoms with Crippen LogP contribution in [0.25, 0.3) is 0 Å². The van der Waals surface area contributed by atoms with Gasteiger partial charge >= 0.3 is 5.97 Å². The van der Waals surface area contributed by atoms with Gasteiger partial charge in [0.05, 0.1) is 17.4 Å². The first-order chi connectivity index (χ1) is 19.2. The molecule has 40 heavy (non-hydrogen) atoms. The number of hydrogen-bond acceptors (Lipinski definition) is 6. The number of carboxylic acid groups (broad SMARTS) is 1. The Labute approximate surface area is 231 Å². The first-order valence-corrected chi connectivity index (χ1v) is 13.0. The van der Waals surface area contributed by atoms with Crippen molar-refractivity contribution in [3.05, 3.63) is 99.6 Å². The number of amides is 2. The molecule has 0 spiro atoms. The molecule has 3 N–H and O–H groups in total. The second-order valence-corrected chi connectivity index (χ2v) is 10.0. The molecule has 0 aliphatic heterocycles. The average molecular weight is 546 g/mol. The number of nitrogens with zero attached hydrogens (tertiary/aromatic N) is 1. The number of anilines is 1. The molecule has 1 aliphatic rings. The molecule has 0 saturated heterocycles. The maximum atomic E-state index is 13.5. The maximum Gasteiger partial charge on any atom is 0.326 e. The molecule has 208 valence electrons. The molecule has 1 atom stereocenters. The van der Waals surface area contributed by atoms with Gasteiger partial charge in [0.25, 0.3) is 11.6 Å². The second-order valence-electron chi connectivity index (χ2n) is 10.0. The zero-order chi connectivity index (χ0) is 28.7. The Morgan fingerprint density at radius 3 is 2.20 bits per heavy atom. The Balaban J connectivity index is 1.42. The standard InChI is InChI=1S/C30H31N3O7/c1-40-23-14-10-21(11-15-23)19-30(16-4-5-17-30)29(37)32-25(28(35)36)18-20-8-12-22(13-9-20)31-27(34)24-6-2-3-7-26(24)33(38)39/h2-3,6-15,25H,4-5,16-19H2,1H3,(H,31,34)(H,32,37)(H,35,36). The molecule has 2 amide bonds. The van der Waals surface area contributed by atoms with Crippen LogP contribution in [-0.4, -0.2) is 41.0 Å². The van der Waals surface area contributed by atoms with E-state index >= 15 is 0 Å². The summed E-state index contributed by atoms with van der Waals surface area (Å²) in [6.45, 7) is 0. The van der Waals surface area contributed by atoms with Crippen LogP contribution in [0.5, 0.6) is 5.75 Å². The van der Waals surface area contributed by atoms with Crippen molar-refractivity contribution in [1.29, 1.82) is 0 Å². The summed E-state index contributed by atoms with van der Waals surface area (Å²) in [6, 6.07) is 18.6. The molecule has 1 saturated carbocycles. The number of carbonyl (C=O) groups is 3. The maximum absolute atomic E-state index is 13.5. The minimum Gasteiger partial charge on any atom is -0.497 e. The highest BCUT2D eigenvalue weighted by atomic mass is 16.6. The Bertz CT molecular complexity index is 1380. The van der Waals surface area contributed by atoms with Gasteiger partial charge in [0.2, 0.25) is 5.91 Å². The molecule has 10 heteroatoms. The van der Waals surface area contributed by atoms with Crippen LogP contribution in [0.15, 0.2) is 72.8 Å². The van der Waals surface area contributed by atoms with E-state index in [0.29, 0.717) is 30.5 Å². The molecule has 0 aromatic heterocycles. The van der Waals surface area contributed by atoms with Crippen LogP contribution in [0.2, 0.25) is 0 Å². The lowest BCUT2D eigenvalue weighted by molar-refractivity contribution is -0.385. The first kappa shape index (κ1) is 28.3. The normalized spacial score (nSPS) is 14.6. The van der Waals surface area contributed by atoms with Gasteiger partial charge in [-0.1, -0.05) is 49.2 Å². The van der Waals surface area contributed by atoms with Gasteiger partial charge in [0.15, 0.2) is 0 Å². The summed E-state index contributed by atoms with van der Waals surface area (Å²) in [7, 11) is 1.59. The highest BCUT2D eigenvalue weighted by molar-refractivity contribution is 6.07. The van der Waals surface area contributed by atoms with Crippen molar-refractivity contribution >= 4 is 29.2 Å². The van der Waals surface area contributed by atoms with Crippen LogP contribution in [0, 0.1) is 15.5 Å². The summed E-state index contributed by atoms with van der Waals surface area (Å²) in [6.07, 6.45) is 3.75. The summed E-state index contributed by atoms with van der Waals surface area (Å²) < 4.78 is 5.22. The monoisotopic (exact) mass is 545 g/mol. The smallest absolute Gasteiger partial charge is 0.326 e. The van der Waals surface area contributed by atoms with Crippen molar-refractivity contribution in [3.63, 3.8) is 0 Å². The van der Waals surface area contributed by atoms with E-state index in [2.05, 4.69) is 10.6 Å². The molecule has 3 aromatic rings.